The summed E-state index contributed by atoms with van der Waals surface area (Å²) in [7, 11) is 0. The number of hydrogen-bond acceptors (Lipinski definition) is 4. The highest BCUT2D eigenvalue weighted by Gasteiger charge is 2.38. The van der Waals surface area contributed by atoms with Gasteiger partial charge in [0.2, 0.25) is 0 Å². The minimum atomic E-state index is -5.08. The third kappa shape index (κ3) is 7.01. The molecule has 0 aromatic heterocycles. The van der Waals surface area contributed by atoms with E-state index in [2.05, 4.69) is 21.2 Å². The number of halogens is 5. The Kier molecular flexibility index (Phi) is 7.64. The van der Waals surface area contributed by atoms with Crippen molar-refractivity contribution in [2.24, 2.45) is 0 Å². The summed E-state index contributed by atoms with van der Waals surface area (Å²) in [6.07, 6.45) is -4.91. The van der Waals surface area contributed by atoms with Gasteiger partial charge in [0.05, 0.1) is 0 Å². The van der Waals surface area contributed by atoms with Gasteiger partial charge in [0.1, 0.15) is 18.5 Å². The van der Waals surface area contributed by atoms with Gasteiger partial charge in [-0.1, -0.05) is 28.1 Å². The largest absolute Gasteiger partial charge is 0.490 e. The van der Waals surface area contributed by atoms with E-state index in [1.807, 2.05) is 24.3 Å². The van der Waals surface area contributed by atoms with E-state index in [1.165, 1.54) is 12.1 Å². The van der Waals surface area contributed by atoms with Gasteiger partial charge < -0.3 is 19.9 Å². The molecule has 1 saturated heterocycles. The van der Waals surface area contributed by atoms with Gasteiger partial charge in [-0.05, 0) is 35.9 Å². The topological polar surface area (TPSA) is 67.8 Å². The molecule has 1 fully saturated rings. The molecule has 0 atom stereocenters. The maximum atomic E-state index is 13.2. The van der Waals surface area contributed by atoms with E-state index in [9.17, 15) is 17.6 Å². The molecule has 1 aliphatic heterocycles. The van der Waals surface area contributed by atoms with Gasteiger partial charge in [0.15, 0.2) is 11.5 Å². The molecule has 2 aromatic carbocycles. The molecule has 10 heteroatoms. The van der Waals surface area contributed by atoms with Crippen LogP contribution in [-0.4, -0.2) is 36.4 Å². The fourth-order valence-corrected chi connectivity index (χ4v) is 2.35. The Morgan fingerprint density at radius 3 is 2.39 bits per heavy atom. The van der Waals surface area contributed by atoms with Gasteiger partial charge in [-0.25, -0.2) is 9.18 Å². The number of benzene rings is 2. The molecule has 0 bridgehead atoms. The summed E-state index contributed by atoms with van der Waals surface area (Å²) < 4.78 is 57.5. The third-order valence-electron chi connectivity index (χ3n) is 3.47. The normalized spacial score (nSPS) is 13.8. The van der Waals surface area contributed by atoms with Crippen LogP contribution < -0.4 is 14.8 Å². The van der Waals surface area contributed by atoms with Gasteiger partial charge >= 0.3 is 12.1 Å². The Morgan fingerprint density at radius 1 is 1.18 bits per heavy atom. The minimum Gasteiger partial charge on any atom is -0.485 e. The first-order valence-corrected chi connectivity index (χ1v) is 8.78. The van der Waals surface area contributed by atoms with Crippen LogP contribution >= 0.6 is 15.9 Å². The van der Waals surface area contributed by atoms with Crippen molar-refractivity contribution >= 4 is 21.9 Å². The van der Waals surface area contributed by atoms with Crippen LogP contribution in [0.25, 0.3) is 0 Å². The number of alkyl halides is 3. The Labute approximate surface area is 166 Å². The van der Waals surface area contributed by atoms with Gasteiger partial charge in [0.25, 0.3) is 0 Å². The molecular formula is C18H16BrF4NO4. The SMILES string of the molecule is Fc1cccc(COc2ccc(Br)cc2OC2CNC2)c1.O=C(O)C(F)(F)F. The number of ether oxygens (including phenoxy) is 2. The predicted molar refractivity (Wildman–Crippen MR) is 95.9 cm³/mol. The maximum Gasteiger partial charge on any atom is 0.490 e. The molecule has 5 nitrogen and oxygen atoms in total. The van der Waals surface area contributed by atoms with Gasteiger partial charge in [-0.3, -0.25) is 0 Å². The first-order valence-electron chi connectivity index (χ1n) is 7.99. The average molecular weight is 466 g/mol. The molecule has 3 rings (SSSR count). The Hall–Kier alpha value is -2.33. The highest BCUT2D eigenvalue weighted by atomic mass is 79.9. The second-order valence-corrected chi connectivity index (χ2v) is 6.63. The minimum absolute atomic E-state index is 0.177. The monoisotopic (exact) mass is 465 g/mol. The number of rotatable bonds is 5. The van der Waals surface area contributed by atoms with Crippen molar-refractivity contribution in [1.82, 2.24) is 5.32 Å². The highest BCUT2D eigenvalue weighted by Crippen LogP contribution is 2.32. The van der Waals surface area contributed by atoms with Crippen molar-refractivity contribution in [3.8, 4) is 11.5 Å². The Balaban J connectivity index is 0.000000345. The standard InChI is InChI=1S/C16H15BrFNO2.C2HF3O2/c17-12-4-5-15(16(7-12)21-14-8-19-9-14)20-10-11-2-1-3-13(18)6-11;3-2(4,5)1(6)7/h1-7,14,19H,8-10H2;(H,6,7). The van der Waals surface area contributed by atoms with E-state index in [-0.39, 0.29) is 11.9 Å². The fourth-order valence-electron chi connectivity index (χ4n) is 2.01. The zero-order valence-corrected chi connectivity index (χ0v) is 15.9. The zero-order valence-electron chi connectivity index (χ0n) is 14.3. The van der Waals surface area contributed by atoms with Crippen molar-refractivity contribution in [1.29, 1.82) is 0 Å². The van der Waals surface area contributed by atoms with Crippen LogP contribution in [0.3, 0.4) is 0 Å². The lowest BCUT2D eigenvalue weighted by atomic mass is 10.2. The molecule has 0 amide bonds. The summed E-state index contributed by atoms with van der Waals surface area (Å²) in [6.45, 7) is 1.99. The van der Waals surface area contributed by atoms with Crippen LogP contribution in [0.2, 0.25) is 0 Å². The van der Waals surface area contributed by atoms with Crippen LogP contribution in [0.1, 0.15) is 5.56 Å². The van der Waals surface area contributed by atoms with Crippen LogP contribution in [0, 0.1) is 5.82 Å². The number of carboxylic acids is 1. The summed E-state index contributed by atoms with van der Waals surface area (Å²) in [5.74, 6) is -1.65. The molecule has 0 unspecified atom stereocenters. The van der Waals surface area contributed by atoms with Crippen LogP contribution in [0.15, 0.2) is 46.9 Å². The summed E-state index contributed by atoms with van der Waals surface area (Å²) in [6, 6.07) is 12.0. The van der Waals surface area contributed by atoms with Gasteiger partial charge in [-0.2, -0.15) is 13.2 Å². The van der Waals surface area contributed by atoms with Crippen molar-refractivity contribution < 1.29 is 36.9 Å². The summed E-state index contributed by atoms with van der Waals surface area (Å²) in [5, 5.41) is 10.3. The predicted octanol–water partition coefficient (Wildman–Crippen LogP) is 4.15. The molecule has 1 aliphatic rings. The average Bonchev–Trinajstić information content (AvgIpc) is 2.57. The molecule has 152 valence electrons. The zero-order chi connectivity index (χ0) is 20.7. The fraction of sp³-hybridized carbons (Fsp3) is 0.278. The van der Waals surface area contributed by atoms with Crippen molar-refractivity contribution in [2.75, 3.05) is 13.1 Å². The summed E-state index contributed by atoms with van der Waals surface area (Å²) in [4.78, 5) is 8.90. The number of aliphatic carboxylic acids is 1. The molecule has 0 aliphatic carbocycles. The van der Waals surface area contributed by atoms with E-state index < -0.39 is 12.1 Å². The van der Waals surface area contributed by atoms with Crippen molar-refractivity contribution in [2.45, 2.75) is 18.9 Å². The van der Waals surface area contributed by atoms with E-state index >= 15 is 0 Å². The van der Waals surface area contributed by atoms with Crippen molar-refractivity contribution in [3.05, 3.63) is 58.3 Å². The van der Waals surface area contributed by atoms with Crippen molar-refractivity contribution in [3.63, 3.8) is 0 Å². The summed E-state index contributed by atoms with van der Waals surface area (Å²) >= 11 is 3.43. The highest BCUT2D eigenvalue weighted by molar-refractivity contribution is 9.10. The van der Waals surface area contributed by atoms with Crippen LogP contribution in [-0.2, 0) is 11.4 Å². The molecule has 0 saturated carbocycles. The number of carbonyl (C=O) groups is 1. The molecule has 2 N–H and O–H groups in total. The van der Waals surface area contributed by atoms with Gasteiger partial charge in [0, 0.05) is 17.6 Å². The molecular weight excluding hydrogens is 450 g/mol. The molecule has 28 heavy (non-hydrogen) atoms. The smallest absolute Gasteiger partial charge is 0.485 e. The van der Waals surface area contributed by atoms with Crippen LogP contribution in [0.4, 0.5) is 17.6 Å². The first kappa shape index (κ1) is 22.0. The molecule has 0 spiro atoms. The Bertz CT molecular complexity index is 812. The van der Waals surface area contributed by atoms with E-state index in [0.29, 0.717) is 18.1 Å². The lowest BCUT2D eigenvalue weighted by molar-refractivity contribution is -0.192. The molecule has 1 heterocycles. The maximum absolute atomic E-state index is 13.2. The summed E-state index contributed by atoms with van der Waals surface area (Å²) in [5.41, 5.74) is 0.786. The quantitative estimate of drug-likeness (QED) is 0.649. The van der Waals surface area contributed by atoms with Gasteiger partial charge in [-0.15, -0.1) is 0 Å². The van der Waals surface area contributed by atoms with E-state index in [4.69, 9.17) is 19.4 Å². The first-order chi connectivity index (χ1) is 13.1. The van der Waals surface area contributed by atoms with E-state index in [0.717, 1.165) is 23.1 Å². The Morgan fingerprint density at radius 2 is 1.86 bits per heavy atom. The number of nitrogens with one attached hydrogen (secondary N) is 1. The lowest BCUT2D eigenvalue weighted by Gasteiger charge is -2.28. The molecule has 0 radical (unpaired) electrons. The molecule has 2 aromatic rings. The number of carboxylic acid groups (broad SMARTS) is 1. The second-order valence-electron chi connectivity index (χ2n) is 5.71. The lowest BCUT2D eigenvalue weighted by Crippen LogP contribution is -2.50. The van der Waals surface area contributed by atoms with Crippen LogP contribution in [0.5, 0.6) is 11.5 Å². The van der Waals surface area contributed by atoms with E-state index in [1.54, 1.807) is 6.07 Å². The number of hydrogen-bond donors (Lipinski definition) is 2. The third-order valence-corrected chi connectivity index (χ3v) is 3.96. The second kappa shape index (κ2) is 9.74.